The lowest BCUT2D eigenvalue weighted by Crippen LogP contribution is -2.29. The van der Waals surface area contributed by atoms with E-state index >= 15 is 0 Å². The lowest BCUT2D eigenvalue weighted by Gasteiger charge is -2.19. The summed E-state index contributed by atoms with van der Waals surface area (Å²) in [7, 11) is -0.144. The molecule has 0 saturated heterocycles. The largest absolute Gasteiger partial charge is 0.494 e. The van der Waals surface area contributed by atoms with Gasteiger partial charge in [0.15, 0.2) is 4.90 Å². The molecule has 0 fully saturated rings. The monoisotopic (exact) mass is 551 g/mol. The van der Waals surface area contributed by atoms with Crippen LogP contribution >= 0.6 is 0 Å². The zero-order valence-electron chi connectivity index (χ0n) is 22.0. The van der Waals surface area contributed by atoms with Crippen LogP contribution in [0.25, 0.3) is 16.8 Å². The van der Waals surface area contributed by atoms with Crippen molar-refractivity contribution >= 4 is 9.84 Å². The summed E-state index contributed by atoms with van der Waals surface area (Å²) in [6, 6.07) is 14.3. The molecule has 10 nitrogen and oxygen atoms in total. The van der Waals surface area contributed by atoms with Crippen LogP contribution in [0.2, 0.25) is 0 Å². The van der Waals surface area contributed by atoms with Gasteiger partial charge < -0.3 is 19.3 Å². The Morgan fingerprint density at radius 2 is 1.59 bits per heavy atom. The van der Waals surface area contributed by atoms with Gasteiger partial charge in [-0.25, -0.2) is 13.4 Å². The van der Waals surface area contributed by atoms with Crippen LogP contribution in [0.15, 0.2) is 75.4 Å². The van der Waals surface area contributed by atoms with E-state index in [1.165, 1.54) is 33.5 Å². The third-order valence-corrected chi connectivity index (χ3v) is 7.97. The van der Waals surface area contributed by atoms with Crippen LogP contribution in [0.4, 0.5) is 0 Å². The molecule has 2 heterocycles. The number of pyridine rings is 1. The Bertz CT molecular complexity index is 1630. The number of para-hydroxylation sites is 1. The molecule has 39 heavy (non-hydrogen) atoms. The molecular formula is C28H29N3O7S. The number of aryl methyl sites for hydroxylation is 1. The predicted molar refractivity (Wildman–Crippen MR) is 145 cm³/mol. The molecule has 2 aromatic heterocycles. The zero-order chi connectivity index (χ0) is 28.2. The molecule has 0 saturated carbocycles. The number of nitrogens with zero attached hydrogens (tertiary/aromatic N) is 3. The van der Waals surface area contributed by atoms with E-state index in [0.29, 0.717) is 29.8 Å². The van der Waals surface area contributed by atoms with E-state index in [-0.39, 0.29) is 27.9 Å². The molecule has 1 N–H and O–H groups in total. The number of unbranched alkanes of at least 4 members (excludes halogenated alkanes) is 1. The number of rotatable bonds is 10. The summed E-state index contributed by atoms with van der Waals surface area (Å²) >= 11 is 0. The van der Waals surface area contributed by atoms with Gasteiger partial charge in [0.25, 0.3) is 5.56 Å². The minimum atomic E-state index is -4.50. The molecule has 0 spiro atoms. The van der Waals surface area contributed by atoms with Crippen LogP contribution in [0.3, 0.4) is 0 Å². The smallest absolute Gasteiger partial charge is 0.281 e. The number of benzene rings is 2. The van der Waals surface area contributed by atoms with E-state index in [4.69, 9.17) is 14.2 Å². The van der Waals surface area contributed by atoms with Crippen LogP contribution < -0.4 is 19.8 Å². The van der Waals surface area contributed by atoms with Gasteiger partial charge in [-0.05, 0) is 48.4 Å². The topological polar surface area (TPSA) is 130 Å². The number of sulfone groups is 1. The average molecular weight is 552 g/mol. The van der Waals surface area contributed by atoms with Crippen molar-refractivity contribution in [3.8, 4) is 40.1 Å². The lowest BCUT2D eigenvalue weighted by molar-refractivity contribution is 0.386. The van der Waals surface area contributed by atoms with Gasteiger partial charge in [0, 0.05) is 18.2 Å². The maximum Gasteiger partial charge on any atom is 0.281 e. The fraction of sp³-hybridized carbons (Fsp3) is 0.250. The molecular weight excluding hydrogens is 522 g/mol. The van der Waals surface area contributed by atoms with Gasteiger partial charge in [-0.15, -0.1) is 0 Å². The summed E-state index contributed by atoms with van der Waals surface area (Å²) in [5, 5.41) is 10.8. The second kappa shape index (κ2) is 11.6. The summed E-state index contributed by atoms with van der Waals surface area (Å²) in [5.41, 5.74) is 0.558. The minimum Gasteiger partial charge on any atom is -0.494 e. The van der Waals surface area contributed by atoms with Crippen molar-refractivity contribution in [2.24, 2.45) is 0 Å². The maximum atomic E-state index is 14.0. The Morgan fingerprint density at radius 1 is 0.923 bits per heavy atom. The Balaban J connectivity index is 1.92. The van der Waals surface area contributed by atoms with Gasteiger partial charge in [0.05, 0.1) is 26.2 Å². The fourth-order valence-corrected chi connectivity index (χ4v) is 5.60. The molecule has 0 aliphatic rings. The van der Waals surface area contributed by atoms with Crippen LogP contribution in [-0.4, -0.2) is 49.4 Å². The first-order chi connectivity index (χ1) is 18.8. The molecule has 0 bridgehead atoms. The second-order valence-corrected chi connectivity index (χ2v) is 10.4. The molecule has 0 aliphatic heterocycles. The van der Waals surface area contributed by atoms with Crippen LogP contribution in [-0.2, 0) is 16.3 Å². The Morgan fingerprint density at radius 3 is 2.18 bits per heavy atom. The van der Waals surface area contributed by atoms with E-state index in [2.05, 4.69) is 9.97 Å². The minimum absolute atomic E-state index is 0.181. The van der Waals surface area contributed by atoms with E-state index < -0.39 is 26.2 Å². The Kier molecular flexibility index (Phi) is 8.20. The highest BCUT2D eigenvalue weighted by molar-refractivity contribution is 7.91. The van der Waals surface area contributed by atoms with Gasteiger partial charge in [0.1, 0.15) is 23.0 Å². The second-order valence-electron chi connectivity index (χ2n) is 8.52. The molecule has 0 radical (unpaired) electrons. The van der Waals surface area contributed by atoms with Gasteiger partial charge in [0.2, 0.25) is 21.6 Å². The number of methoxy groups -OCH3 is 3. The molecule has 0 aliphatic carbocycles. The quantitative estimate of drug-likeness (QED) is 0.308. The third-order valence-electron chi connectivity index (χ3n) is 6.18. The van der Waals surface area contributed by atoms with Crippen molar-refractivity contribution in [2.75, 3.05) is 21.3 Å². The molecule has 204 valence electrons. The molecule has 11 heteroatoms. The first-order valence-corrected chi connectivity index (χ1v) is 13.7. The van der Waals surface area contributed by atoms with Gasteiger partial charge in [-0.2, -0.15) is 4.98 Å². The first kappa shape index (κ1) is 27.6. The highest BCUT2D eigenvalue weighted by atomic mass is 32.2. The molecule has 2 aromatic carbocycles. The third kappa shape index (κ3) is 5.17. The SMILES string of the molecule is CCCCc1nc(O)c(S(=O)(=O)c2ccc(-c3cccnc3OC)cc2)c(=O)n1-c1c(OC)cccc1OC. The van der Waals surface area contributed by atoms with Crippen molar-refractivity contribution < 1.29 is 27.7 Å². The summed E-state index contributed by atoms with van der Waals surface area (Å²) in [5.74, 6) is 0.250. The molecule has 0 amide bonds. The van der Waals surface area contributed by atoms with Crippen molar-refractivity contribution in [2.45, 2.75) is 36.0 Å². The fourth-order valence-electron chi connectivity index (χ4n) is 4.26. The summed E-state index contributed by atoms with van der Waals surface area (Å²) in [6.45, 7) is 1.97. The van der Waals surface area contributed by atoms with Crippen molar-refractivity contribution in [3.05, 3.63) is 77.0 Å². The van der Waals surface area contributed by atoms with E-state index in [1.54, 1.807) is 48.7 Å². The van der Waals surface area contributed by atoms with Crippen molar-refractivity contribution in [1.29, 1.82) is 0 Å². The number of aromatic nitrogens is 3. The normalized spacial score (nSPS) is 11.3. The maximum absolute atomic E-state index is 14.0. The van der Waals surface area contributed by atoms with Crippen LogP contribution in [0.5, 0.6) is 23.3 Å². The summed E-state index contributed by atoms with van der Waals surface area (Å²) in [4.78, 5) is 21.3. The lowest BCUT2D eigenvalue weighted by atomic mass is 10.1. The number of hydrogen-bond donors (Lipinski definition) is 1. The average Bonchev–Trinajstić information content (AvgIpc) is 2.95. The molecule has 4 rings (SSSR count). The van der Waals surface area contributed by atoms with Gasteiger partial charge in [-0.1, -0.05) is 31.5 Å². The predicted octanol–water partition coefficient (Wildman–Crippen LogP) is 4.20. The first-order valence-electron chi connectivity index (χ1n) is 12.2. The standard InChI is InChI=1S/C28H29N3O7S/c1-5-6-12-23-30-26(32)25(28(33)31(23)24-21(36-2)10-7-11-22(24)37-3)39(34,35)19-15-13-18(14-16-19)20-9-8-17-29-27(20)38-4/h7-11,13-17,32H,5-6,12H2,1-4H3. The molecule has 4 aromatic rings. The van der Waals surface area contributed by atoms with Gasteiger partial charge in [-0.3, -0.25) is 9.36 Å². The van der Waals surface area contributed by atoms with Crippen LogP contribution in [0, 0.1) is 0 Å². The Labute approximate surface area is 226 Å². The van der Waals surface area contributed by atoms with Crippen LogP contribution in [0.1, 0.15) is 25.6 Å². The van der Waals surface area contributed by atoms with E-state index in [1.807, 2.05) is 6.92 Å². The highest BCUT2D eigenvalue weighted by Crippen LogP contribution is 2.35. The molecule has 0 unspecified atom stereocenters. The number of hydrogen-bond acceptors (Lipinski definition) is 9. The summed E-state index contributed by atoms with van der Waals surface area (Å²) < 4.78 is 44.9. The van der Waals surface area contributed by atoms with E-state index in [0.717, 1.165) is 11.0 Å². The number of ether oxygens (including phenoxy) is 3. The van der Waals surface area contributed by atoms with Crippen molar-refractivity contribution in [3.63, 3.8) is 0 Å². The Hall–Kier alpha value is -4.38. The van der Waals surface area contributed by atoms with Gasteiger partial charge >= 0.3 is 0 Å². The number of aromatic hydroxyl groups is 1. The molecule has 0 atom stereocenters. The highest BCUT2D eigenvalue weighted by Gasteiger charge is 2.31. The zero-order valence-corrected chi connectivity index (χ0v) is 22.9. The van der Waals surface area contributed by atoms with E-state index in [9.17, 15) is 18.3 Å². The summed E-state index contributed by atoms with van der Waals surface area (Å²) in [6.07, 6.45) is 3.33. The van der Waals surface area contributed by atoms with Crippen molar-refractivity contribution in [1.82, 2.24) is 14.5 Å².